The van der Waals surface area contributed by atoms with Crippen molar-refractivity contribution in [2.75, 3.05) is 7.11 Å². The van der Waals surface area contributed by atoms with Crippen LogP contribution in [0.25, 0.3) is 21.9 Å². The molecule has 1 N–H and O–H groups in total. The number of aliphatic hydroxyl groups excluding tert-OH is 1. The number of hydrogen-bond acceptors (Lipinski definition) is 4. The fourth-order valence-electron chi connectivity index (χ4n) is 2.25. The molecule has 2 aromatic heterocycles. The summed E-state index contributed by atoms with van der Waals surface area (Å²) in [6.07, 6.45) is -0.632. The number of aromatic nitrogens is 1. The number of rotatable bonds is 2. The van der Waals surface area contributed by atoms with Gasteiger partial charge in [-0.25, -0.2) is 0 Å². The SMILES string of the molecule is COc1ccc2nc(C)c3cc(C(C)O)oc3c2c1. The lowest BCUT2D eigenvalue weighted by Crippen LogP contribution is -1.87. The second-order valence-corrected chi connectivity index (χ2v) is 4.65. The molecule has 0 amide bonds. The molecule has 2 heterocycles. The summed E-state index contributed by atoms with van der Waals surface area (Å²) in [5.41, 5.74) is 2.50. The van der Waals surface area contributed by atoms with Crippen LogP contribution < -0.4 is 4.74 Å². The molecular formula is C15H15NO3. The molecule has 1 aromatic carbocycles. The summed E-state index contributed by atoms with van der Waals surface area (Å²) in [7, 11) is 1.63. The maximum absolute atomic E-state index is 9.65. The Balaban J connectivity index is 2.41. The summed E-state index contributed by atoms with van der Waals surface area (Å²) >= 11 is 0. The maximum atomic E-state index is 9.65. The molecule has 0 aliphatic rings. The van der Waals surface area contributed by atoms with Gasteiger partial charge in [0.05, 0.1) is 12.6 Å². The van der Waals surface area contributed by atoms with E-state index in [-0.39, 0.29) is 0 Å². The minimum atomic E-state index is -0.632. The highest BCUT2D eigenvalue weighted by Gasteiger charge is 2.14. The van der Waals surface area contributed by atoms with E-state index >= 15 is 0 Å². The quantitative estimate of drug-likeness (QED) is 0.764. The Morgan fingerprint density at radius 3 is 2.74 bits per heavy atom. The number of methoxy groups -OCH3 is 1. The molecule has 0 bridgehead atoms. The molecule has 19 heavy (non-hydrogen) atoms. The van der Waals surface area contributed by atoms with Crippen LogP contribution in [-0.4, -0.2) is 17.2 Å². The van der Waals surface area contributed by atoms with Gasteiger partial charge < -0.3 is 14.3 Å². The Hall–Kier alpha value is -2.07. The van der Waals surface area contributed by atoms with Crippen LogP contribution >= 0.6 is 0 Å². The van der Waals surface area contributed by atoms with Crippen molar-refractivity contribution in [1.82, 2.24) is 4.98 Å². The number of furan rings is 1. The number of nitrogens with zero attached hydrogens (tertiary/aromatic N) is 1. The highest BCUT2D eigenvalue weighted by Crippen LogP contribution is 2.33. The van der Waals surface area contributed by atoms with Crippen molar-refractivity contribution in [3.8, 4) is 5.75 Å². The molecule has 3 rings (SSSR count). The molecule has 4 heteroatoms. The van der Waals surface area contributed by atoms with Gasteiger partial charge in [-0.05, 0) is 38.1 Å². The zero-order valence-corrected chi connectivity index (χ0v) is 11.1. The molecule has 0 fully saturated rings. The zero-order chi connectivity index (χ0) is 13.6. The minimum Gasteiger partial charge on any atom is -0.497 e. The molecule has 0 aliphatic carbocycles. The van der Waals surface area contributed by atoms with Crippen LogP contribution in [0.2, 0.25) is 0 Å². The van der Waals surface area contributed by atoms with Gasteiger partial charge in [-0.15, -0.1) is 0 Å². The maximum Gasteiger partial charge on any atom is 0.145 e. The second-order valence-electron chi connectivity index (χ2n) is 4.65. The lowest BCUT2D eigenvalue weighted by Gasteiger charge is -2.04. The molecule has 98 valence electrons. The van der Waals surface area contributed by atoms with Crippen LogP contribution in [0.15, 0.2) is 28.7 Å². The Bertz CT molecular complexity index is 759. The van der Waals surface area contributed by atoms with Crippen LogP contribution in [-0.2, 0) is 0 Å². The predicted octanol–water partition coefficient (Wildman–Crippen LogP) is 3.35. The number of pyridine rings is 1. The van der Waals surface area contributed by atoms with Crippen LogP contribution in [0, 0.1) is 6.92 Å². The minimum absolute atomic E-state index is 0.551. The fourth-order valence-corrected chi connectivity index (χ4v) is 2.25. The van der Waals surface area contributed by atoms with E-state index in [1.165, 1.54) is 0 Å². The number of hydrogen-bond donors (Lipinski definition) is 1. The van der Waals surface area contributed by atoms with E-state index in [1.807, 2.05) is 31.2 Å². The summed E-state index contributed by atoms with van der Waals surface area (Å²) in [5, 5.41) is 11.5. The van der Waals surface area contributed by atoms with Gasteiger partial charge in [0, 0.05) is 16.5 Å². The van der Waals surface area contributed by atoms with Crippen molar-refractivity contribution in [1.29, 1.82) is 0 Å². The first-order valence-corrected chi connectivity index (χ1v) is 6.16. The fraction of sp³-hybridized carbons (Fsp3) is 0.267. The van der Waals surface area contributed by atoms with Gasteiger partial charge in [0.1, 0.15) is 23.2 Å². The zero-order valence-electron chi connectivity index (χ0n) is 11.1. The molecular weight excluding hydrogens is 242 g/mol. The first kappa shape index (κ1) is 12.0. The Morgan fingerprint density at radius 2 is 2.05 bits per heavy atom. The highest BCUT2D eigenvalue weighted by molar-refractivity contribution is 6.04. The highest BCUT2D eigenvalue weighted by atomic mass is 16.5. The Morgan fingerprint density at radius 1 is 1.26 bits per heavy atom. The number of aliphatic hydroxyl groups is 1. The van der Waals surface area contributed by atoms with Gasteiger partial charge >= 0.3 is 0 Å². The summed E-state index contributed by atoms with van der Waals surface area (Å²) in [5.74, 6) is 1.31. The van der Waals surface area contributed by atoms with Gasteiger partial charge in [-0.1, -0.05) is 0 Å². The van der Waals surface area contributed by atoms with Crippen molar-refractivity contribution in [3.05, 3.63) is 35.7 Å². The number of ether oxygens (including phenoxy) is 1. The average Bonchev–Trinajstić information content (AvgIpc) is 2.84. The van der Waals surface area contributed by atoms with E-state index in [9.17, 15) is 5.11 Å². The van der Waals surface area contributed by atoms with Gasteiger partial charge in [0.15, 0.2) is 0 Å². The van der Waals surface area contributed by atoms with Crippen LogP contribution in [0.3, 0.4) is 0 Å². The van der Waals surface area contributed by atoms with Crippen molar-refractivity contribution in [2.24, 2.45) is 0 Å². The number of aryl methyl sites for hydroxylation is 1. The van der Waals surface area contributed by atoms with E-state index < -0.39 is 6.10 Å². The third-order valence-corrected chi connectivity index (χ3v) is 3.29. The average molecular weight is 257 g/mol. The smallest absolute Gasteiger partial charge is 0.145 e. The topological polar surface area (TPSA) is 55.5 Å². The summed E-state index contributed by atoms with van der Waals surface area (Å²) in [6, 6.07) is 7.53. The molecule has 0 aliphatic heterocycles. The second kappa shape index (κ2) is 4.24. The molecule has 0 radical (unpaired) electrons. The Kier molecular flexibility index (Phi) is 2.68. The van der Waals surface area contributed by atoms with E-state index in [0.29, 0.717) is 5.76 Å². The number of fused-ring (bicyclic) bond motifs is 3. The predicted molar refractivity (Wildman–Crippen MR) is 73.4 cm³/mol. The van der Waals surface area contributed by atoms with Gasteiger partial charge in [-0.3, -0.25) is 4.98 Å². The summed E-state index contributed by atoms with van der Waals surface area (Å²) < 4.78 is 11.0. The molecule has 0 saturated heterocycles. The molecule has 3 aromatic rings. The third kappa shape index (κ3) is 1.85. The lowest BCUT2D eigenvalue weighted by molar-refractivity contribution is 0.172. The molecule has 0 spiro atoms. The van der Waals surface area contributed by atoms with Gasteiger partial charge in [0.2, 0.25) is 0 Å². The largest absolute Gasteiger partial charge is 0.497 e. The number of benzene rings is 1. The summed E-state index contributed by atoms with van der Waals surface area (Å²) in [6.45, 7) is 3.62. The van der Waals surface area contributed by atoms with E-state index in [0.717, 1.165) is 33.3 Å². The third-order valence-electron chi connectivity index (χ3n) is 3.29. The monoisotopic (exact) mass is 257 g/mol. The first-order valence-electron chi connectivity index (χ1n) is 6.16. The van der Waals surface area contributed by atoms with Crippen molar-refractivity contribution >= 4 is 21.9 Å². The van der Waals surface area contributed by atoms with Crippen molar-refractivity contribution < 1.29 is 14.3 Å². The molecule has 1 unspecified atom stereocenters. The van der Waals surface area contributed by atoms with Crippen molar-refractivity contribution in [2.45, 2.75) is 20.0 Å². The first-order chi connectivity index (χ1) is 9.10. The van der Waals surface area contributed by atoms with E-state index in [2.05, 4.69) is 4.98 Å². The molecule has 4 nitrogen and oxygen atoms in total. The molecule has 1 atom stereocenters. The Labute approximate surface area is 110 Å². The van der Waals surface area contributed by atoms with E-state index in [1.54, 1.807) is 14.0 Å². The van der Waals surface area contributed by atoms with Gasteiger partial charge in [-0.2, -0.15) is 0 Å². The van der Waals surface area contributed by atoms with Crippen LogP contribution in [0.5, 0.6) is 5.75 Å². The standard InChI is InChI=1S/C15H15NO3/c1-8-11-7-14(9(2)17)19-15(11)12-6-10(18-3)4-5-13(12)16-8/h4-7,9,17H,1-3H3. The normalized spacial score (nSPS) is 13.1. The van der Waals surface area contributed by atoms with E-state index in [4.69, 9.17) is 9.15 Å². The van der Waals surface area contributed by atoms with Crippen LogP contribution in [0.4, 0.5) is 0 Å². The van der Waals surface area contributed by atoms with Crippen molar-refractivity contribution in [3.63, 3.8) is 0 Å². The van der Waals surface area contributed by atoms with Gasteiger partial charge in [0.25, 0.3) is 0 Å². The molecule has 0 saturated carbocycles. The lowest BCUT2D eigenvalue weighted by atomic mass is 10.1. The van der Waals surface area contributed by atoms with Crippen LogP contribution in [0.1, 0.15) is 24.5 Å². The summed E-state index contributed by atoms with van der Waals surface area (Å²) in [4.78, 5) is 4.55.